The van der Waals surface area contributed by atoms with Crippen molar-refractivity contribution in [3.63, 3.8) is 0 Å². The topological polar surface area (TPSA) is 21.3 Å². The highest BCUT2D eigenvalue weighted by Gasteiger charge is 2.03. The molecule has 0 aliphatic carbocycles. The second-order valence-corrected chi connectivity index (χ2v) is 4.56. The van der Waals surface area contributed by atoms with Gasteiger partial charge in [0.15, 0.2) is 0 Å². The van der Waals surface area contributed by atoms with Crippen LogP contribution in [-0.4, -0.2) is 24.7 Å². The fraction of sp³-hybridized carbons (Fsp3) is 0.385. The number of rotatable bonds is 8. The van der Waals surface area contributed by atoms with Crippen LogP contribution in [0.3, 0.4) is 0 Å². The Balaban J connectivity index is 2.21. The van der Waals surface area contributed by atoms with Crippen molar-refractivity contribution in [2.75, 3.05) is 18.1 Å². The molecule has 0 fully saturated rings. The second kappa shape index (κ2) is 8.78. The summed E-state index contributed by atoms with van der Waals surface area (Å²) in [5.41, 5.74) is 1.03. The number of terminal acetylenes is 1. The minimum atomic E-state index is -2.78. The maximum absolute atomic E-state index is 11.9. The van der Waals surface area contributed by atoms with Gasteiger partial charge in [0, 0.05) is 18.8 Å². The highest BCUT2D eigenvalue weighted by Crippen LogP contribution is 2.14. The van der Waals surface area contributed by atoms with Gasteiger partial charge in [-0.25, -0.2) is 0 Å². The molecule has 98 valence electrons. The molecule has 2 nitrogen and oxygen atoms in total. The molecule has 0 spiro atoms. The van der Waals surface area contributed by atoms with E-state index in [2.05, 4.69) is 16.0 Å². The Bertz CT molecular complexity index is 376. The number of benzene rings is 1. The largest absolute Gasteiger partial charge is 0.435 e. The van der Waals surface area contributed by atoms with Crippen LogP contribution in [0.5, 0.6) is 5.75 Å². The Morgan fingerprint density at radius 2 is 2.06 bits per heavy atom. The van der Waals surface area contributed by atoms with E-state index in [1.807, 2.05) is 0 Å². The fourth-order valence-corrected chi connectivity index (χ4v) is 1.85. The summed E-state index contributed by atoms with van der Waals surface area (Å²) in [5.74, 6) is 4.42. The van der Waals surface area contributed by atoms with Gasteiger partial charge in [-0.15, -0.1) is 18.2 Å². The molecule has 0 bridgehead atoms. The summed E-state index contributed by atoms with van der Waals surface area (Å²) in [4.78, 5) is 0. The molecular formula is C13H15F2NOS. The third-order valence-corrected chi connectivity index (χ3v) is 2.95. The molecule has 0 saturated carbocycles. The first-order chi connectivity index (χ1) is 8.72. The zero-order valence-electron chi connectivity index (χ0n) is 9.86. The molecule has 1 aromatic rings. The lowest BCUT2D eigenvalue weighted by Gasteiger charge is -2.07. The summed E-state index contributed by atoms with van der Waals surface area (Å²) in [6.07, 6.45) is 5.13. The normalized spacial score (nSPS) is 10.3. The van der Waals surface area contributed by atoms with E-state index >= 15 is 0 Å². The monoisotopic (exact) mass is 271 g/mol. The molecular weight excluding hydrogens is 256 g/mol. The van der Waals surface area contributed by atoms with Crippen LogP contribution in [0.25, 0.3) is 0 Å². The van der Waals surface area contributed by atoms with Gasteiger partial charge in [0.1, 0.15) is 5.75 Å². The molecule has 0 aliphatic heterocycles. The molecule has 0 atom stereocenters. The van der Waals surface area contributed by atoms with Crippen molar-refractivity contribution < 1.29 is 13.5 Å². The van der Waals surface area contributed by atoms with Crippen molar-refractivity contribution in [2.24, 2.45) is 0 Å². The quantitative estimate of drug-likeness (QED) is 0.580. The van der Waals surface area contributed by atoms with Crippen LogP contribution < -0.4 is 10.1 Å². The molecule has 0 aromatic heterocycles. The number of alkyl halides is 2. The first kappa shape index (κ1) is 14.8. The minimum Gasteiger partial charge on any atom is -0.435 e. The molecule has 0 aliphatic rings. The van der Waals surface area contributed by atoms with Gasteiger partial charge in [-0.1, -0.05) is 18.1 Å². The van der Waals surface area contributed by atoms with E-state index in [1.54, 1.807) is 23.9 Å². The Morgan fingerprint density at radius 1 is 1.33 bits per heavy atom. The highest BCUT2D eigenvalue weighted by molar-refractivity contribution is 7.99. The number of thioether (sulfide) groups is 1. The summed E-state index contributed by atoms with van der Waals surface area (Å²) in [5, 5.41) is 3.24. The van der Waals surface area contributed by atoms with Crippen LogP contribution in [0.15, 0.2) is 24.3 Å². The lowest BCUT2D eigenvalue weighted by molar-refractivity contribution is -0.0498. The summed E-state index contributed by atoms with van der Waals surface area (Å²) < 4.78 is 28.1. The van der Waals surface area contributed by atoms with Gasteiger partial charge < -0.3 is 10.1 Å². The molecule has 0 saturated heterocycles. The lowest BCUT2D eigenvalue weighted by Crippen LogP contribution is -2.16. The Kier molecular flexibility index (Phi) is 7.23. The van der Waals surface area contributed by atoms with Crippen LogP contribution >= 0.6 is 11.8 Å². The SMILES string of the molecule is C#CCSCCNCc1ccc(OC(F)F)cc1. The number of ether oxygens (including phenoxy) is 1. The second-order valence-electron chi connectivity index (χ2n) is 3.46. The van der Waals surface area contributed by atoms with Gasteiger partial charge in [-0.2, -0.15) is 8.78 Å². The van der Waals surface area contributed by atoms with Crippen LogP contribution in [0, 0.1) is 12.3 Å². The van der Waals surface area contributed by atoms with E-state index in [9.17, 15) is 8.78 Å². The molecule has 1 N–H and O–H groups in total. The average Bonchev–Trinajstić information content (AvgIpc) is 2.35. The third-order valence-electron chi connectivity index (χ3n) is 2.09. The van der Waals surface area contributed by atoms with Crippen molar-refractivity contribution >= 4 is 11.8 Å². The van der Waals surface area contributed by atoms with Crippen molar-refractivity contribution in [3.8, 4) is 18.1 Å². The van der Waals surface area contributed by atoms with Gasteiger partial charge in [-0.3, -0.25) is 0 Å². The standard InChI is InChI=1S/C13H15F2NOS/c1-2-8-18-9-7-16-10-11-3-5-12(6-4-11)17-13(14)15/h1,3-6,13,16H,7-10H2. The van der Waals surface area contributed by atoms with Gasteiger partial charge in [0.2, 0.25) is 0 Å². The van der Waals surface area contributed by atoms with Gasteiger partial charge in [0.25, 0.3) is 0 Å². The van der Waals surface area contributed by atoms with Crippen LogP contribution in [-0.2, 0) is 6.54 Å². The molecule has 1 rings (SSSR count). The Hall–Kier alpha value is -1.25. The third kappa shape index (κ3) is 6.48. The molecule has 0 radical (unpaired) electrons. The Labute approximate surface area is 110 Å². The highest BCUT2D eigenvalue weighted by atomic mass is 32.2. The lowest BCUT2D eigenvalue weighted by atomic mass is 10.2. The summed E-state index contributed by atoms with van der Waals surface area (Å²) in [6, 6.07) is 6.60. The average molecular weight is 271 g/mol. The number of nitrogens with one attached hydrogen (secondary N) is 1. The van der Waals surface area contributed by atoms with Crippen molar-refractivity contribution in [2.45, 2.75) is 13.2 Å². The molecule has 1 aromatic carbocycles. The molecule has 0 unspecified atom stereocenters. The van der Waals surface area contributed by atoms with E-state index in [-0.39, 0.29) is 5.75 Å². The zero-order chi connectivity index (χ0) is 13.2. The van der Waals surface area contributed by atoms with Crippen LogP contribution in [0.2, 0.25) is 0 Å². The van der Waals surface area contributed by atoms with E-state index in [4.69, 9.17) is 6.42 Å². The summed E-state index contributed by atoms with van der Waals surface area (Å²) in [7, 11) is 0. The van der Waals surface area contributed by atoms with Crippen molar-refractivity contribution in [1.29, 1.82) is 0 Å². The minimum absolute atomic E-state index is 0.179. The van der Waals surface area contributed by atoms with Crippen molar-refractivity contribution in [3.05, 3.63) is 29.8 Å². The summed E-state index contributed by atoms with van der Waals surface area (Å²) in [6.45, 7) is -1.21. The number of hydrogen-bond acceptors (Lipinski definition) is 3. The predicted octanol–water partition coefficient (Wildman–Crippen LogP) is 2.74. The smallest absolute Gasteiger partial charge is 0.387 e. The number of halogens is 2. The van der Waals surface area contributed by atoms with Crippen LogP contribution in [0.1, 0.15) is 5.56 Å². The maximum Gasteiger partial charge on any atom is 0.387 e. The molecule has 0 heterocycles. The fourth-order valence-electron chi connectivity index (χ4n) is 1.30. The van der Waals surface area contributed by atoms with Gasteiger partial charge >= 0.3 is 6.61 Å². The molecule has 18 heavy (non-hydrogen) atoms. The van der Waals surface area contributed by atoms with Crippen LogP contribution in [0.4, 0.5) is 8.78 Å². The Morgan fingerprint density at radius 3 is 2.67 bits per heavy atom. The first-order valence-electron chi connectivity index (χ1n) is 5.48. The molecule has 0 amide bonds. The number of hydrogen-bond donors (Lipinski definition) is 1. The maximum atomic E-state index is 11.9. The van der Waals surface area contributed by atoms with E-state index in [0.29, 0.717) is 6.54 Å². The molecule has 5 heteroatoms. The van der Waals surface area contributed by atoms with E-state index in [1.165, 1.54) is 12.1 Å². The summed E-state index contributed by atoms with van der Waals surface area (Å²) >= 11 is 1.70. The zero-order valence-corrected chi connectivity index (χ0v) is 10.7. The predicted molar refractivity (Wildman–Crippen MR) is 70.9 cm³/mol. The van der Waals surface area contributed by atoms with E-state index in [0.717, 1.165) is 23.6 Å². The van der Waals surface area contributed by atoms with Crippen molar-refractivity contribution in [1.82, 2.24) is 5.32 Å². The van der Waals surface area contributed by atoms with Gasteiger partial charge in [0.05, 0.1) is 5.75 Å². The van der Waals surface area contributed by atoms with E-state index < -0.39 is 6.61 Å². The van der Waals surface area contributed by atoms with Gasteiger partial charge in [-0.05, 0) is 17.7 Å². The first-order valence-corrected chi connectivity index (χ1v) is 6.63.